The van der Waals surface area contributed by atoms with Gasteiger partial charge in [0, 0.05) is 23.1 Å². The minimum atomic E-state index is -0.875. The van der Waals surface area contributed by atoms with Gasteiger partial charge in [-0.25, -0.2) is 8.78 Å². The molecule has 0 saturated heterocycles. The first-order valence-corrected chi connectivity index (χ1v) is 6.18. The van der Waals surface area contributed by atoms with Crippen molar-refractivity contribution in [1.82, 2.24) is 0 Å². The lowest BCUT2D eigenvalue weighted by Gasteiger charge is -2.05. The lowest BCUT2D eigenvalue weighted by atomic mass is 10.0. The second kappa shape index (κ2) is 5.97. The molecule has 0 aliphatic heterocycles. The van der Waals surface area contributed by atoms with Crippen LogP contribution in [0.15, 0.2) is 36.4 Å². The maximum atomic E-state index is 13.5. The molecule has 0 atom stereocenters. The van der Waals surface area contributed by atoms with Crippen LogP contribution in [0.4, 0.5) is 14.5 Å². The standard InChI is InChI=1S/C14H8ClF2NO3/c15-8-4-5-9(13(6-8)18(20)21)14(19)7-10-11(16)2-1-3-12(10)17/h1-6H,7H2. The van der Waals surface area contributed by atoms with Gasteiger partial charge in [0.25, 0.3) is 5.69 Å². The minimum absolute atomic E-state index is 0.0929. The lowest BCUT2D eigenvalue weighted by Crippen LogP contribution is -2.09. The van der Waals surface area contributed by atoms with E-state index < -0.39 is 40.0 Å². The predicted molar refractivity (Wildman–Crippen MR) is 72.5 cm³/mol. The van der Waals surface area contributed by atoms with Crippen molar-refractivity contribution in [3.8, 4) is 0 Å². The van der Waals surface area contributed by atoms with Crippen LogP contribution in [0.3, 0.4) is 0 Å². The van der Waals surface area contributed by atoms with E-state index in [1.54, 1.807) is 0 Å². The van der Waals surface area contributed by atoms with E-state index in [2.05, 4.69) is 0 Å². The van der Waals surface area contributed by atoms with Gasteiger partial charge in [0.2, 0.25) is 0 Å². The molecule has 0 fully saturated rings. The van der Waals surface area contributed by atoms with E-state index in [0.717, 1.165) is 18.2 Å². The third-order valence-corrected chi connectivity index (χ3v) is 3.09. The number of Topliss-reactive ketones (excluding diaryl/α,β-unsaturated/α-hetero) is 1. The Balaban J connectivity index is 2.40. The molecule has 0 unspecified atom stereocenters. The third kappa shape index (κ3) is 3.22. The lowest BCUT2D eigenvalue weighted by molar-refractivity contribution is -0.385. The number of benzene rings is 2. The highest BCUT2D eigenvalue weighted by atomic mass is 35.5. The maximum Gasteiger partial charge on any atom is 0.281 e. The zero-order valence-corrected chi connectivity index (χ0v) is 11.2. The summed E-state index contributed by atoms with van der Waals surface area (Å²) in [5.41, 5.74) is -1.16. The third-order valence-electron chi connectivity index (χ3n) is 2.86. The van der Waals surface area contributed by atoms with Crippen molar-refractivity contribution in [2.24, 2.45) is 0 Å². The van der Waals surface area contributed by atoms with Crippen LogP contribution in [0.1, 0.15) is 15.9 Å². The number of halogens is 3. The van der Waals surface area contributed by atoms with Crippen LogP contribution in [0.2, 0.25) is 5.02 Å². The fourth-order valence-corrected chi connectivity index (χ4v) is 2.01. The second-order valence-corrected chi connectivity index (χ2v) is 4.66. The molecule has 0 heterocycles. The van der Waals surface area contributed by atoms with Crippen molar-refractivity contribution in [1.29, 1.82) is 0 Å². The first-order valence-electron chi connectivity index (χ1n) is 5.80. The summed E-state index contributed by atoms with van der Waals surface area (Å²) in [6, 6.07) is 6.70. The molecule has 0 aromatic heterocycles. The maximum absolute atomic E-state index is 13.5. The van der Waals surface area contributed by atoms with Crippen LogP contribution in [0, 0.1) is 21.7 Å². The molecule has 0 saturated carbocycles. The number of hydrogen-bond donors (Lipinski definition) is 0. The van der Waals surface area contributed by atoms with E-state index in [0.29, 0.717) is 0 Å². The Morgan fingerprint density at radius 1 is 1.19 bits per heavy atom. The Morgan fingerprint density at radius 2 is 1.81 bits per heavy atom. The minimum Gasteiger partial charge on any atom is -0.294 e. The van der Waals surface area contributed by atoms with Gasteiger partial charge in [0.15, 0.2) is 5.78 Å². The van der Waals surface area contributed by atoms with Gasteiger partial charge in [-0.3, -0.25) is 14.9 Å². The summed E-state index contributed by atoms with van der Waals surface area (Å²) < 4.78 is 27.0. The fraction of sp³-hybridized carbons (Fsp3) is 0.0714. The number of hydrogen-bond acceptors (Lipinski definition) is 3. The molecule has 2 aromatic rings. The highest BCUT2D eigenvalue weighted by Gasteiger charge is 2.22. The van der Waals surface area contributed by atoms with Crippen molar-refractivity contribution in [3.63, 3.8) is 0 Å². The van der Waals surface area contributed by atoms with Crippen LogP contribution < -0.4 is 0 Å². The van der Waals surface area contributed by atoms with Crippen LogP contribution in [-0.4, -0.2) is 10.7 Å². The van der Waals surface area contributed by atoms with Gasteiger partial charge in [0.05, 0.1) is 10.5 Å². The summed E-state index contributed by atoms with van der Waals surface area (Å²) in [6.07, 6.45) is -0.610. The van der Waals surface area contributed by atoms with E-state index in [1.165, 1.54) is 18.2 Å². The molecule has 0 radical (unpaired) electrons. The molecule has 108 valence electrons. The van der Waals surface area contributed by atoms with Crippen molar-refractivity contribution in [3.05, 3.63) is 74.3 Å². The molecule has 7 heteroatoms. The van der Waals surface area contributed by atoms with Gasteiger partial charge in [-0.2, -0.15) is 0 Å². The average molecular weight is 312 g/mol. The predicted octanol–water partition coefficient (Wildman–Crippen LogP) is 3.95. The number of carbonyl (C=O) groups excluding carboxylic acids is 1. The molecular formula is C14H8ClF2NO3. The zero-order valence-electron chi connectivity index (χ0n) is 10.5. The topological polar surface area (TPSA) is 60.2 Å². The van der Waals surface area contributed by atoms with Crippen molar-refractivity contribution in [2.75, 3.05) is 0 Å². The Labute approximate surface area is 123 Å². The van der Waals surface area contributed by atoms with Crippen molar-refractivity contribution < 1.29 is 18.5 Å². The van der Waals surface area contributed by atoms with Crippen LogP contribution in [0.5, 0.6) is 0 Å². The van der Waals surface area contributed by atoms with Crippen LogP contribution in [-0.2, 0) is 6.42 Å². The Bertz CT molecular complexity index is 714. The Kier molecular flexibility index (Phi) is 4.28. The number of rotatable bonds is 4. The SMILES string of the molecule is O=C(Cc1c(F)cccc1F)c1ccc(Cl)cc1[N+](=O)[O-]. The molecule has 0 aliphatic carbocycles. The van der Waals surface area contributed by atoms with Gasteiger partial charge < -0.3 is 0 Å². The van der Waals surface area contributed by atoms with Crippen LogP contribution in [0.25, 0.3) is 0 Å². The van der Waals surface area contributed by atoms with Gasteiger partial charge >= 0.3 is 0 Å². The quantitative estimate of drug-likeness (QED) is 0.488. The number of nitro benzene ring substituents is 1. The molecule has 0 bridgehead atoms. The second-order valence-electron chi connectivity index (χ2n) is 4.22. The molecule has 2 aromatic carbocycles. The molecule has 0 amide bonds. The highest BCUT2D eigenvalue weighted by molar-refractivity contribution is 6.31. The van der Waals surface area contributed by atoms with Crippen molar-refractivity contribution in [2.45, 2.75) is 6.42 Å². The van der Waals surface area contributed by atoms with E-state index in [4.69, 9.17) is 11.6 Å². The first kappa shape index (κ1) is 15.1. The molecule has 0 spiro atoms. The molecule has 4 nitrogen and oxygen atoms in total. The summed E-state index contributed by atoms with van der Waals surface area (Å²) in [7, 11) is 0. The van der Waals surface area contributed by atoms with Gasteiger partial charge in [-0.1, -0.05) is 17.7 Å². The molecule has 0 aliphatic rings. The number of nitro groups is 1. The van der Waals surface area contributed by atoms with Gasteiger partial charge in [0.1, 0.15) is 11.6 Å². The first-order chi connectivity index (χ1) is 9.90. The average Bonchev–Trinajstić information content (AvgIpc) is 2.42. The van der Waals surface area contributed by atoms with Crippen molar-refractivity contribution >= 4 is 23.1 Å². The molecule has 21 heavy (non-hydrogen) atoms. The molecule has 2 rings (SSSR count). The summed E-state index contributed by atoms with van der Waals surface area (Å²) >= 11 is 5.64. The van der Waals surface area contributed by atoms with Crippen LogP contribution >= 0.6 is 11.6 Å². The highest BCUT2D eigenvalue weighted by Crippen LogP contribution is 2.25. The summed E-state index contributed by atoms with van der Waals surface area (Å²) in [6.45, 7) is 0. The van der Waals surface area contributed by atoms with E-state index >= 15 is 0 Å². The van der Waals surface area contributed by atoms with Gasteiger partial charge in [-0.15, -0.1) is 0 Å². The summed E-state index contributed by atoms with van der Waals surface area (Å²) in [5, 5.41) is 11.0. The number of nitrogens with zero attached hydrogens (tertiary/aromatic N) is 1. The Morgan fingerprint density at radius 3 is 2.38 bits per heavy atom. The smallest absolute Gasteiger partial charge is 0.281 e. The fourth-order valence-electron chi connectivity index (χ4n) is 1.85. The zero-order chi connectivity index (χ0) is 15.6. The summed E-state index contributed by atoms with van der Waals surface area (Å²) in [4.78, 5) is 22.2. The number of ketones is 1. The summed E-state index contributed by atoms with van der Waals surface area (Å²) in [5.74, 6) is -2.51. The van der Waals surface area contributed by atoms with Gasteiger partial charge in [-0.05, 0) is 24.3 Å². The largest absolute Gasteiger partial charge is 0.294 e. The molecule has 0 N–H and O–H groups in total. The number of carbonyl (C=O) groups is 1. The van der Waals surface area contributed by atoms with E-state index in [9.17, 15) is 23.7 Å². The monoisotopic (exact) mass is 311 g/mol. The normalized spacial score (nSPS) is 10.4. The molecular weight excluding hydrogens is 304 g/mol. The van der Waals surface area contributed by atoms with E-state index in [-0.39, 0.29) is 10.6 Å². The Hall–Kier alpha value is -2.34. The van der Waals surface area contributed by atoms with E-state index in [1.807, 2.05) is 0 Å².